The van der Waals surface area contributed by atoms with E-state index in [1.807, 2.05) is 21.6 Å². The Morgan fingerprint density at radius 1 is 0.893 bits per heavy atom. The van der Waals surface area contributed by atoms with Crippen molar-refractivity contribution >= 4 is 27.3 Å². The van der Waals surface area contributed by atoms with Gasteiger partial charge in [0.25, 0.3) is 0 Å². The van der Waals surface area contributed by atoms with Crippen LogP contribution in [0.1, 0.15) is 38.8 Å². The van der Waals surface area contributed by atoms with Gasteiger partial charge in [-0.2, -0.15) is 0 Å². The predicted octanol–water partition coefficient (Wildman–Crippen LogP) is 5.09. The first-order chi connectivity index (χ1) is 13.5. The van der Waals surface area contributed by atoms with Crippen molar-refractivity contribution in [2.45, 2.75) is 45.3 Å². The van der Waals surface area contributed by atoms with Gasteiger partial charge in [-0.25, -0.2) is 0 Å². The molecule has 0 heterocycles. The van der Waals surface area contributed by atoms with Crippen LogP contribution in [0.3, 0.4) is 0 Å². The first-order valence-corrected chi connectivity index (χ1v) is 12.8. The molecule has 0 radical (unpaired) electrons. The van der Waals surface area contributed by atoms with Crippen molar-refractivity contribution in [1.29, 1.82) is 0 Å². The van der Waals surface area contributed by atoms with Crippen LogP contribution in [0, 0.1) is 0 Å². The van der Waals surface area contributed by atoms with Gasteiger partial charge in [-0.05, 0) is 56.2 Å². The van der Waals surface area contributed by atoms with E-state index >= 15 is 0 Å². The third-order valence-corrected chi connectivity index (χ3v) is 7.01. The Morgan fingerprint density at radius 3 is 2.00 bits per heavy atom. The largest absolute Gasteiger partial charge is 0.382 e. The second-order valence-electron chi connectivity index (χ2n) is 7.36. The van der Waals surface area contributed by atoms with E-state index < -0.39 is 0 Å². The van der Waals surface area contributed by atoms with E-state index in [1.165, 1.54) is 16.8 Å². The Kier molecular flexibility index (Phi) is 13.3. The number of ether oxygens (including phenoxy) is 3. The lowest BCUT2D eigenvalue weighted by molar-refractivity contribution is 0.0264. The fourth-order valence-electron chi connectivity index (χ4n) is 2.98. The van der Waals surface area contributed by atoms with Crippen LogP contribution in [-0.2, 0) is 27.1 Å². The van der Waals surface area contributed by atoms with Crippen LogP contribution in [0.15, 0.2) is 18.2 Å². The van der Waals surface area contributed by atoms with Gasteiger partial charge in [0.15, 0.2) is 0 Å². The molecule has 0 amide bonds. The number of aryl methyl sites for hydroxylation is 2. The molecule has 0 unspecified atom stereocenters. The molecule has 0 aliphatic carbocycles. The number of anilines is 1. The van der Waals surface area contributed by atoms with E-state index in [4.69, 9.17) is 14.2 Å². The number of rotatable bonds is 16. The van der Waals surface area contributed by atoms with Crippen LogP contribution < -0.4 is 4.90 Å². The van der Waals surface area contributed by atoms with Crippen molar-refractivity contribution in [1.82, 2.24) is 0 Å². The van der Waals surface area contributed by atoms with E-state index in [-0.39, 0.29) is 4.75 Å². The van der Waals surface area contributed by atoms with Gasteiger partial charge in [0.1, 0.15) is 0 Å². The summed E-state index contributed by atoms with van der Waals surface area (Å²) >= 11 is 0. The van der Waals surface area contributed by atoms with Crippen molar-refractivity contribution < 1.29 is 14.2 Å². The summed E-state index contributed by atoms with van der Waals surface area (Å²) in [4.78, 5) is 2.48. The number of methoxy groups -OCH3 is 1. The van der Waals surface area contributed by atoms with Gasteiger partial charge in [-0.3, -0.25) is 0 Å². The number of benzene rings is 1. The Morgan fingerprint density at radius 2 is 1.46 bits per heavy atom. The topological polar surface area (TPSA) is 30.9 Å². The molecule has 1 rings (SSSR count). The minimum Gasteiger partial charge on any atom is -0.382 e. The quantitative estimate of drug-likeness (QED) is 0.269. The molecule has 162 valence electrons. The zero-order valence-electron chi connectivity index (χ0n) is 18.6. The highest BCUT2D eigenvalue weighted by molar-refractivity contribution is 8.77. The predicted molar refractivity (Wildman–Crippen MR) is 126 cm³/mol. The van der Waals surface area contributed by atoms with Crippen LogP contribution in [0.25, 0.3) is 0 Å². The zero-order chi connectivity index (χ0) is 20.8. The lowest BCUT2D eigenvalue weighted by atomic mass is 10.0. The monoisotopic (exact) mass is 429 g/mol. The maximum Gasteiger partial charge on any atom is 0.0701 e. The van der Waals surface area contributed by atoms with E-state index in [9.17, 15) is 0 Å². The maximum atomic E-state index is 5.83. The Hall–Kier alpha value is -0.400. The summed E-state index contributed by atoms with van der Waals surface area (Å²) in [5, 5.41) is 0. The molecular weight excluding hydrogens is 390 g/mol. The van der Waals surface area contributed by atoms with Gasteiger partial charge in [0.05, 0.1) is 33.0 Å². The van der Waals surface area contributed by atoms with Crippen LogP contribution in [0.5, 0.6) is 0 Å². The van der Waals surface area contributed by atoms with Crippen molar-refractivity contribution in [3.8, 4) is 0 Å². The lowest BCUT2D eigenvalue weighted by Gasteiger charge is -2.34. The molecule has 1 aromatic rings. The molecular formula is C22H39NO3S2. The summed E-state index contributed by atoms with van der Waals surface area (Å²) in [6.45, 7) is 14.1. The average molecular weight is 430 g/mol. The molecule has 0 aliphatic rings. The Labute approximate surface area is 180 Å². The van der Waals surface area contributed by atoms with Gasteiger partial charge in [0.2, 0.25) is 0 Å². The second-order valence-corrected chi connectivity index (χ2v) is 10.5. The summed E-state index contributed by atoms with van der Waals surface area (Å²) in [5.41, 5.74) is 4.12. The molecule has 6 heteroatoms. The highest BCUT2D eigenvalue weighted by Crippen LogP contribution is 2.35. The first kappa shape index (κ1) is 25.6. The summed E-state index contributed by atoms with van der Waals surface area (Å²) in [5.74, 6) is 0. The van der Waals surface area contributed by atoms with Gasteiger partial charge in [0, 0.05) is 30.6 Å². The minimum absolute atomic E-state index is 0.164. The molecule has 0 atom stereocenters. The van der Waals surface area contributed by atoms with Crippen molar-refractivity contribution in [2.75, 3.05) is 64.4 Å². The highest BCUT2D eigenvalue weighted by atomic mass is 33.1. The number of hydrogen-bond acceptors (Lipinski definition) is 6. The van der Waals surface area contributed by atoms with Crippen LogP contribution in [0.4, 0.5) is 5.69 Å². The van der Waals surface area contributed by atoms with Crippen LogP contribution >= 0.6 is 21.6 Å². The fourth-order valence-corrected chi connectivity index (χ4v) is 5.16. The Balaban J connectivity index is 2.72. The normalized spacial score (nSPS) is 11.8. The van der Waals surface area contributed by atoms with Gasteiger partial charge in [-0.1, -0.05) is 41.5 Å². The molecule has 0 bridgehead atoms. The smallest absolute Gasteiger partial charge is 0.0701 e. The molecule has 0 N–H and O–H groups in total. The molecule has 0 saturated heterocycles. The van der Waals surface area contributed by atoms with Crippen LogP contribution in [-0.4, -0.2) is 64.2 Å². The third kappa shape index (κ3) is 10.4. The highest BCUT2D eigenvalue weighted by Gasteiger charge is 2.23. The van der Waals surface area contributed by atoms with Crippen LogP contribution in [0.2, 0.25) is 0 Å². The van der Waals surface area contributed by atoms with Gasteiger partial charge < -0.3 is 19.1 Å². The summed E-state index contributed by atoms with van der Waals surface area (Å²) in [7, 11) is 5.45. The molecule has 28 heavy (non-hydrogen) atoms. The standard InChI is InChI=1S/C22H39NO3S2/c1-7-19-15-20(8-2)17-21(16-19)23(18-22(3,4)28-27-6)9-10-25-13-14-26-12-11-24-5/h15-17H,7-14,18H2,1-6H3. The fraction of sp³-hybridized carbons (Fsp3) is 0.727. The maximum absolute atomic E-state index is 5.83. The van der Waals surface area contributed by atoms with Gasteiger partial charge in [-0.15, -0.1) is 0 Å². The Bertz CT molecular complexity index is 518. The minimum atomic E-state index is 0.164. The zero-order valence-corrected chi connectivity index (χ0v) is 20.2. The van der Waals surface area contributed by atoms with Crippen molar-refractivity contribution in [3.05, 3.63) is 29.3 Å². The molecule has 0 saturated carbocycles. The summed E-state index contributed by atoms with van der Waals surface area (Å²) in [6, 6.07) is 7.01. The SMILES string of the molecule is CCc1cc(CC)cc(N(CCOCCOCCOC)CC(C)(C)SSC)c1. The molecule has 0 aromatic heterocycles. The van der Waals surface area contributed by atoms with Gasteiger partial charge >= 0.3 is 0 Å². The molecule has 1 aromatic carbocycles. The molecule has 0 aliphatic heterocycles. The third-order valence-electron chi connectivity index (χ3n) is 4.41. The second kappa shape index (κ2) is 14.6. The molecule has 0 fully saturated rings. The average Bonchev–Trinajstić information content (AvgIpc) is 2.68. The summed E-state index contributed by atoms with van der Waals surface area (Å²) in [6.07, 6.45) is 4.27. The van der Waals surface area contributed by atoms with E-state index in [2.05, 4.69) is 57.0 Å². The molecule has 0 spiro atoms. The van der Waals surface area contributed by atoms with Crippen molar-refractivity contribution in [3.63, 3.8) is 0 Å². The number of hydrogen-bond donors (Lipinski definition) is 0. The summed E-state index contributed by atoms with van der Waals surface area (Å²) < 4.78 is 16.4. The molecule has 4 nitrogen and oxygen atoms in total. The lowest BCUT2D eigenvalue weighted by Crippen LogP contribution is -2.38. The van der Waals surface area contributed by atoms with E-state index in [0.29, 0.717) is 33.0 Å². The number of nitrogens with zero attached hydrogens (tertiary/aromatic N) is 1. The van der Waals surface area contributed by atoms with E-state index in [1.54, 1.807) is 7.11 Å². The van der Waals surface area contributed by atoms with Crippen molar-refractivity contribution in [2.24, 2.45) is 0 Å². The van der Waals surface area contributed by atoms with E-state index in [0.717, 1.165) is 25.9 Å². The first-order valence-electron chi connectivity index (χ1n) is 10.2.